The number of rotatable bonds is 4. The van der Waals surface area contributed by atoms with Crippen molar-refractivity contribution in [1.82, 2.24) is 15.2 Å². The first-order valence-electron chi connectivity index (χ1n) is 11.2. The lowest BCUT2D eigenvalue weighted by molar-refractivity contribution is 0.0700. The summed E-state index contributed by atoms with van der Waals surface area (Å²) in [6.07, 6.45) is 1.49. The van der Waals surface area contributed by atoms with Crippen LogP contribution in [0.5, 0.6) is 0 Å². The summed E-state index contributed by atoms with van der Waals surface area (Å²) in [4.78, 5) is 32.6. The highest BCUT2D eigenvalue weighted by Crippen LogP contribution is 2.27. The predicted molar refractivity (Wildman–Crippen MR) is 133 cm³/mol. The van der Waals surface area contributed by atoms with Gasteiger partial charge in [-0.05, 0) is 43.3 Å². The van der Waals surface area contributed by atoms with E-state index in [0.717, 1.165) is 35.0 Å². The number of benzene rings is 2. The molecule has 1 fully saturated rings. The maximum atomic E-state index is 13.6. The third-order valence-electron chi connectivity index (χ3n) is 6.19. The summed E-state index contributed by atoms with van der Waals surface area (Å²) in [5.41, 5.74) is 5.18. The monoisotopic (exact) mass is 455 g/mol. The molecule has 2 aromatic carbocycles. The molecule has 0 saturated carbocycles. The Morgan fingerprint density at radius 2 is 1.79 bits per heavy atom. The first-order chi connectivity index (χ1) is 16.1. The predicted octanol–water partition coefficient (Wildman–Crippen LogP) is 5.31. The third kappa shape index (κ3) is 4.52. The fourth-order valence-corrected chi connectivity index (χ4v) is 4.92. The number of nitrogens with one attached hydrogen (secondary N) is 1. The maximum Gasteiger partial charge on any atom is 0.254 e. The number of hydrogen-bond acceptors (Lipinski definition) is 4. The van der Waals surface area contributed by atoms with Crippen molar-refractivity contribution in [3.63, 3.8) is 0 Å². The molecule has 1 N–H and O–H groups in total. The molecule has 1 aliphatic rings. The van der Waals surface area contributed by atoms with Crippen LogP contribution in [0.1, 0.15) is 39.1 Å². The molecular weight excluding hydrogens is 430 g/mol. The molecule has 0 spiro atoms. The van der Waals surface area contributed by atoms with E-state index < -0.39 is 0 Å². The summed E-state index contributed by atoms with van der Waals surface area (Å²) in [7, 11) is 0. The molecule has 0 bridgehead atoms. The van der Waals surface area contributed by atoms with E-state index in [0.29, 0.717) is 24.2 Å². The molecular formula is C27H25N3O2S. The van der Waals surface area contributed by atoms with Gasteiger partial charge in [0.1, 0.15) is 0 Å². The van der Waals surface area contributed by atoms with Crippen LogP contribution in [-0.2, 0) is 0 Å². The average molecular weight is 456 g/mol. The molecule has 5 rings (SSSR count). The highest BCUT2D eigenvalue weighted by atomic mass is 32.1. The number of aryl methyl sites for hydroxylation is 1. The van der Waals surface area contributed by atoms with Crippen molar-refractivity contribution in [2.45, 2.75) is 25.8 Å². The van der Waals surface area contributed by atoms with E-state index in [1.807, 2.05) is 64.2 Å². The van der Waals surface area contributed by atoms with Crippen molar-refractivity contribution in [2.24, 2.45) is 0 Å². The molecule has 1 aliphatic heterocycles. The van der Waals surface area contributed by atoms with Crippen LogP contribution in [0, 0.1) is 6.92 Å². The number of carbonyl (C=O) groups is 2. The number of fused-ring (bicyclic) bond motifs is 1. The second kappa shape index (κ2) is 9.16. The van der Waals surface area contributed by atoms with Crippen molar-refractivity contribution in [3.8, 4) is 11.3 Å². The van der Waals surface area contributed by atoms with E-state index in [4.69, 9.17) is 4.98 Å². The summed E-state index contributed by atoms with van der Waals surface area (Å²) in [6.45, 7) is 3.28. The fraction of sp³-hybridized carbons (Fsp3) is 0.222. The Balaban J connectivity index is 1.36. The van der Waals surface area contributed by atoms with Gasteiger partial charge in [0.15, 0.2) is 0 Å². The van der Waals surface area contributed by atoms with E-state index in [9.17, 15) is 9.59 Å². The minimum Gasteiger partial charge on any atom is -0.349 e. The maximum absolute atomic E-state index is 13.6. The topological polar surface area (TPSA) is 62.3 Å². The Bertz CT molecular complexity index is 1290. The molecule has 33 heavy (non-hydrogen) atoms. The number of amides is 2. The zero-order chi connectivity index (χ0) is 22.8. The van der Waals surface area contributed by atoms with E-state index in [1.54, 1.807) is 0 Å². The third-order valence-corrected chi connectivity index (χ3v) is 6.88. The van der Waals surface area contributed by atoms with Crippen molar-refractivity contribution in [2.75, 3.05) is 13.1 Å². The van der Waals surface area contributed by atoms with Gasteiger partial charge in [0, 0.05) is 41.0 Å². The van der Waals surface area contributed by atoms with Crippen LogP contribution >= 0.6 is 11.3 Å². The van der Waals surface area contributed by atoms with Gasteiger partial charge in [-0.15, -0.1) is 0 Å². The summed E-state index contributed by atoms with van der Waals surface area (Å²) >= 11 is 1.51. The number of likely N-dealkylation sites (tertiary alicyclic amines) is 1. The van der Waals surface area contributed by atoms with Gasteiger partial charge < -0.3 is 10.2 Å². The van der Waals surface area contributed by atoms with E-state index in [1.165, 1.54) is 16.9 Å². The zero-order valence-corrected chi connectivity index (χ0v) is 19.3. The van der Waals surface area contributed by atoms with Gasteiger partial charge in [0.05, 0.1) is 16.8 Å². The Hall–Kier alpha value is -3.51. The second-order valence-corrected chi connectivity index (χ2v) is 9.27. The highest BCUT2D eigenvalue weighted by molar-refractivity contribution is 7.08. The quantitative estimate of drug-likeness (QED) is 0.454. The molecule has 4 aromatic rings. The first kappa shape index (κ1) is 21.3. The molecule has 3 heterocycles. The number of hydrogen-bond donors (Lipinski definition) is 1. The van der Waals surface area contributed by atoms with E-state index >= 15 is 0 Å². The minimum absolute atomic E-state index is 0.0181. The standard InChI is InChI=1S/C27H25N3O2S/c1-18-6-8-19(9-7-18)25-16-23(22-4-2-3-5-24(22)29-25)27(32)30-13-10-21(11-14-30)28-26(31)20-12-15-33-17-20/h2-9,12,15-17,21H,10-11,13-14H2,1H3,(H,28,31). The summed E-state index contributed by atoms with van der Waals surface area (Å²) < 4.78 is 0. The molecule has 166 valence electrons. The van der Waals surface area contributed by atoms with Gasteiger partial charge in [-0.2, -0.15) is 11.3 Å². The van der Waals surface area contributed by atoms with Crippen molar-refractivity contribution in [1.29, 1.82) is 0 Å². The van der Waals surface area contributed by atoms with Crippen LogP contribution < -0.4 is 5.32 Å². The molecule has 5 nitrogen and oxygen atoms in total. The average Bonchev–Trinajstić information content (AvgIpc) is 3.39. The Morgan fingerprint density at radius 1 is 1.03 bits per heavy atom. The Kier molecular flexibility index (Phi) is 5.92. The molecule has 2 aromatic heterocycles. The number of piperidine rings is 1. The molecule has 2 amide bonds. The number of carbonyl (C=O) groups excluding carboxylic acids is 2. The number of thiophene rings is 1. The highest BCUT2D eigenvalue weighted by Gasteiger charge is 2.26. The second-order valence-electron chi connectivity index (χ2n) is 8.49. The van der Waals surface area contributed by atoms with Gasteiger partial charge in [0.2, 0.25) is 0 Å². The largest absolute Gasteiger partial charge is 0.349 e. The Morgan fingerprint density at radius 3 is 2.52 bits per heavy atom. The lowest BCUT2D eigenvalue weighted by Crippen LogP contribution is -2.46. The first-order valence-corrected chi connectivity index (χ1v) is 12.1. The lowest BCUT2D eigenvalue weighted by atomic mass is 10.00. The van der Waals surface area contributed by atoms with Crippen LogP contribution in [0.15, 0.2) is 71.4 Å². The SMILES string of the molecule is Cc1ccc(-c2cc(C(=O)N3CCC(NC(=O)c4ccsc4)CC3)c3ccccc3n2)cc1. The van der Waals surface area contributed by atoms with E-state index in [-0.39, 0.29) is 17.9 Å². The Labute approximate surface area is 197 Å². The van der Waals surface area contributed by atoms with Crippen LogP contribution in [0.4, 0.5) is 0 Å². The van der Waals surface area contributed by atoms with Crippen molar-refractivity contribution in [3.05, 3.63) is 88.1 Å². The molecule has 0 unspecified atom stereocenters. The summed E-state index contributed by atoms with van der Waals surface area (Å²) in [5, 5.41) is 7.73. The van der Waals surface area contributed by atoms with Crippen LogP contribution in [-0.4, -0.2) is 40.8 Å². The van der Waals surface area contributed by atoms with Crippen molar-refractivity contribution < 1.29 is 9.59 Å². The molecule has 0 atom stereocenters. The normalized spacial score (nSPS) is 14.4. The van der Waals surface area contributed by atoms with Crippen LogP contribution in [0.3, 0.4) is 0 Å². The summed E-state index contributed by atoms with van der Waals surface area (Å²) in [6, 6.07) is 19.8. The van der Waals surface area contributed by atoms with Gasteiger partial charge in [-0.1, -0.05) is 48.0 Å². The minimum atomic E-state index is -0.0381. The van der Waals surface area contributed by atoms with Gasteiger partial charge >= 0.3 is 0 Å². The van der Waals surface area contributed by atoms with Gasteiger partial charge in [-0.25, -0.2) is 4.98 Å². The van der Waals surface area contributed by atoms with Gasteiger partial charge in [-0.3, -0.25) is 9.59 Å². The van der Waals surface area contributed by atoms with Crippen molar-refractivity contribution >= 4 is 34.1 Å². The smallest absolute Gasteiger partial charge is 0.254 e. The van der Waals surface area contributed by atoms with Gasteiger partial charge in [0.25, 0.3) is 11.8 Å². The number of pyridine rings is 1. The number of aromatic nitrogens is 1. The number of para-hydroxylation sites is 1. The zero-order valence-electron chi connectivity index (χ0n) is 18.5. The molecule has 6 heteroatoms. The van der Waals surface area contributed by atoms with E-state index in [2.05, 4.69) is 24.4 Å². The fourth-order valence-electron chi connectivity index (χ4n) is 4.28. The molecule has 1 saturated heterocycles. The summed E-state index contributed by atoms with van der Waals surface area (Å²) in [5.74, 6) is -0.0199. The molecule has 0 aliphatic carbocycles. The lowest BCUT2D eigenvalue weighted by Gasteiger charge is -2.32. The number of nitrogens with zero attached hydrogens (tertiary/aromatic N) is 2. The van der Waals surface area contributed by atoms with Crippen LogP contribution in [0.25, 0.3) is 22.2 Å². The molecule has 0 radical (unpaired) electrons. The van der Waals surface area contributed by atoms with Crippen LogP contribution in [0.2, 0.25) is 0 Å².